The molecule has 3 rings (SSSR count). The van der Waals surface area contributed by atoms with Crippen LogP contribution in [0, 0.1) is 5.82 Å². The molecular formula is C16H20FN3O4. The van der Waals surface area contributed by atoms with Gasteiger partial charge in [0, 0.05) is 19.7 Å². The molecule has 1 aromatic heterocycles. The second kappa shape index (κ2) is 7.25. The number of benzene rings is 1. The highest BCUT2D eigenvalue weighted by Gasteiger charge is 2.34. The van der Waals surface area contributed by atoms with E-state index in [0.717, 1.165) is 0 Å². The van der Waals surface area contributed by atoms with Crippen molar-refractivity contribution in [3.63, 3.8) is 0 Å². The van der Waals surface area contributed by atoms with Gasteiger partial charge in [0.2, 0.25) is 5.91 Å². The van der Waals surface area contributed by atoms with Crippen LogP contribution < -0.4 is 0 Å². The summed E-state index contributed by atoms with van der Waals surface area (Å²) in [5.41, 5.74) is 1.23. The quantitative estimate of drug-likeness (QED) is 0.815. The Kier molecular flexibility index (Phi) is 5.08. The summed E-state index contributed by atoms with van der Waals surface area (Å²) in [4.78, 5) is 20.8. The molecule has 0 bridgehead atoms. The zero-order valence-corrected chi connectivity index (χ0v) is 13.4. The summed E-state index contributed by atoms with van der Waals surface area (Å²) in [6.07, 6.45) is -1.01. The van der Waals surface area contributed by atoms with Gasteiger partial charge in [-0.3, -0.25) is 4.79 Å². The molecule has 1 aliphatic heterocycles. The van der Waals surface area contributed by atoms with E-state index >= 15 is 0 Å². The Morgan fingerprint density at radius 1 is 1.50 bits per heavy atom. The fraction of sp³-hybridized carbons (Fsp3) is 0.500. The number of nitrogens with one attached hydrogen (secondary N) is 1. The third-order valence-corrected chi connectivity index (χ3v) is 3.93. The lowest BCUT2D eigenvalue weighted by atomic mass is 10.3. The van der Waals surface area contributed by atoms with Gasteiger partial charge in [0.05, 0.1) is 17.1 Å². The first-order chi connectivity index (χ1) is 11.6. The molecular weight excluding hydrogens is 317 g/mol. The number of nitrogens with zero attached hydrogens (tertiary/aromatic N) is 2. The van der Waals surface area contributed by atoms with E-state index in [2.05, 4.69) is 9.97 Å². The van der Waals surface area contributed by atoms with E-state index in [1.807, 2.05) is 6.92 Å². The summed E-state index contributed by atoms with van der Waals surface area (Å²) in [6.45, 7) is 2.95. The predicted molar refractivity (Wildman–Crippen MR) is 83.7 cm³/mol. The number of ether oxygens (including phenoxy) is 2. The van der Waals surface area contributed by atoms with Gasteiger partial charge >= 0.3 is 0 Å². The average Bonchev–Trinajstić information content (AvgIpc) is 3.11. The number of likely N-dealkylation sites (tertiary alicyclic amines) is 1. The van der Waals surface area contributed by atoms with E-state index in [-0.39, 0.29) is 37.6 Å². The Labute approximate surface area is 138 Å². The highest BCUT2D eigenvalue weighted by molar-refractivity contribution is 5.78. The smallest absolute Gasteiger partial charge is 0.248 e. The van der Waals surface area contributed by atoms with Crippen LogP contribution in [0.2, 0.25) is 0 Å². The topological polar surface area (TPSA) is 87.7 Å². The van der Waals surface area contributed by atoms with Crippen LogP contribution in [0.25, 0.3) is 11.0 Å². The minimum atomic E-state index is -0.667. The number of rotatable bonds is 6. The zero-order valence-electron chi connectivity index (χ0n) is 13.4. The maximum absolute atomic E-state index is 13.1. The van der Waals surface area contributed by atoms with Crippen LogP contribution in [0.5, 0.6) is 0 Å². The summed E-state index contributed by atoms with van der Waals surface area (Å²) < 4.78 is 23.9. The number of aliphatic hydroxyl groups is 1. The maximum Gasteiger partial charge on any atom is 0.248 e. The fourth-order valence-corrected chi connectivity index (χ4v) is 2.77. The number of hydrogen-bond acceptors (Lipinski definition) is 5. The van der Waals surface area contributed by atoms with Crippen molar-refractivity contribution in [2.45, 2.75) is 25.7 Å². The molecule has 1 amide bonds. The van der Waals surface area contributed by atoms with E-state index < -0.39 is 6.10 Å². The van der Waals surface area contributed by atoms with Gasteiger partial charge in [0.25, 0.3) is 0 Å². The van der Waals surface area contributed by atoms with E-state index in [4.69, 9.17) is 9.47 Å². The molecule has 0 unspecified atom stereocenters. The predicted octanol–water partition coefficient (Wildman–Crippen LogP) is 0.827. The summed E-state index contributed by atoms with van der Waals surface area (Å²) in [7, 11) is 0. The van der Waals surface area contributed by atoms with Crippen LogP contribution in [0.4, 0.5) is 4.39 Å². The number of halogens is 1. The number of hydrogen-bond donors (Lipinski definition) is 2. The van der Waals surface area contributed by atoms with E-state index in [0.29, 0.717) is 30.0 Å². The molecule has 130 valence electrons. The van der Waals surface area contributed by atoms with Gasteiger partial charge in [0.1, 0.15) is 31.0 Å². The van der Waals surface area contributed by atoms with Gasteiger partial charge in [0.15, 0.2) is 0 Å². The van der Waals surface area contributed by atoms with Gasteiger partial charge in [-0.2, -0.15) is 0 Å². The standard InChI is InChI=1S/C16H20FN3O4/c1-2-24-14-7-20(6-13(14)21)16(22)9-23-8-15-18-11-4-3-10(17)5-12(11)19-15/h3-5,13-14,21H,2,6-9H2,1H3,(H,18,19)/t13-,14-/m1/s1. The number of imidazole rings is 1. The van der Waals surface area contributed by atoms with Gasteiger partial charge in [-0.05, 0) is 25.1 Å². The Bertz CT molecular complexity index is 720. The number of carbonyl (C=O) groups is 1. The molecule has 1 aromatic carbocycles. The number of H-pyrrole nitrogens is 1. The third kappa shape index (κ3) is 3.72. The van der Waals surface area contributed by atoms with Crippen LogP contribution in [-0.4, -0.2) is 64.4 Å². The molecule has 0 aliphatic carbocycles. The number of carbonyl (C=O) groups excluding carboxylic acids is 1. The molecule has 2 N–H and O–H groups in total. The van der Waals surface area contributed by atoms with Gasteiger partial charge < -0.3 is 24.5 Å². The Balaban J connectivity index is 1.49. The van der Waals surface area contributed by atoms with Crippen molar-refractivity contribution in [2.75, 3.05) is 26.3 Å². The number of aliphatic hydroxyl groups excluding tert-OH is 1. The summed E-state index contributed by atoms with van der Waals surface area (Å²) in [6, 6.07) is 4.27. The van der Waals surface area contributed by atoms with Gasteiger partial charge in [-0.1, -0.05) is 0 Å². The highest BCUT2D eigenvalue weighted by Crippen LogP contribution is 2.15. The second-order valence-corrected chi connectivity index (χ2v) is 5.70. The van der Waals surface area contributed by atoms with E-state index in [1.165, 1.54) is 17.0 Å². The summed E-state index contributed by atoms with van der Waals surface area (Å²) >= 11 is 0. The molecule has 2 atom stereocenters. The van der Waals surface area contributed by atoms with Crippen molar-refractivity contribution in [2.24, 2.45) is 0 Å². The minimum absolute atomic E-state index is 0.114. The van der Waals surface area contributed by atoms with Crippen LogP contribution in [0.1, 0.15) is 12.7 Å². The van der Waals surface area contributed by atoms with Crippen molar-refractivity contribution in [1.29, 1.82) is 0 Å². The number of fused-ring (bicyclic) bond motifs is 1. The highest BCUT2D eigenvalue weighted by atomic mass is 19.1. The van der Waals surface area contributed by atoms with Gasteiger partial charge in [-0.25, -0.2) is 9.37 Å². The lowest BCUT2D eigenvalue weighted by molar-refractivity contribution is -0.136. The van der Waals surface area contributed by atoms with Crippen molar-refractivity contribution < 1.29 is 23.8 Å². The number of β-amino-alcohol motifs (C(OH)–C–C–N with tert-alkyl or cyclic N) is 1. The van der Waals surface area contributed by atoms with Crippen molar-refractivity contribution in [3.8, 4) is 0 Å². The lowest BCUT2D eigenvalue weighted by Gasteiger charge is -2.15. The normalized spacial score (nSPS) is 20.9. The molecule has 2 aromatic rings. The molecule has 2 heterocycles. The third-order valence-electron chi connectivity index (χ3n) is 3.93. The van der Waals surface area contributed by atoms with Gasteiger partial charge in [-0.15, -0.1) is 0 Å². The number of aromatic nitrogens is 2. The molecule has 0 saturated carbocycles. The Hall–Kier alpha value is -2.03. The van der Waals surface area contributed by atoms with Crippen LogP contribution in [-0.2, 0) is 20.9 Å². The number of amides is 1. The first-order valence-corrected chi connectivity index (χ1v) is 7.86. The molecule has 1 saturated heterocycles. The second-order valence-electron chi connectivity index (χ2n) is 5.70. The van der Waals surface area contributed by atoms with Crippen molar-refractivity contribution >= 4 is 16.9 Å². The molecule has 7 nitrogen and oxygen atoms in total. The van der Waals surface area contributed by atoms with E-state index in [1.54, 1.807) is 6.07 Å². The van der Waals surface area contributed by atoms with Crippen molar-refractivity contribution in [1.82, 2.24) is 14.9 Å². The Morgan fingerprint density at radius 3 is 3.12 bits per heavy atom. The van der Waals surface area contributed by atoms with Crippen molar-refractivity contribution in [3.05, 3.63) is 29.8 Å². The first kappa shape index (κ1) is 16.8. The summed E-state index contributed by atoms with van der Waals surface area (Å²) in [5, 5.41) is 9.84. The number of aromatic amines is 1. The zero-order chi connectivity index (χ0) is 17.1. The average molecular weight is 337 g/mol. The molecule has 0 radical (unpaired) electrons. The monoisotopic (exact) mass is 337 g/mol. The molecule has 1 fully saturated rings. The Morgan fingerprint density at radius 2 is 2.33 bits per heavy atom. The lowest BCUT2D eigenvalue weighted by Crippen LogP contribution is -2.33. The largest absolute Gasteiger partial charge is 0.388 e. The van der Waals surface area contributed by atoms with Crippen LogP contribution in [0.3, 0.4) is 0 Å². The fourth-order valence-electron chi connectivity index (χ4n) is 2.77. The maximum atomic E-state index is 13.1. The van der Waals surface area contributed by atoms with E-state index in [9.17, 15) is 14.3 Å². The molecule has 24 heavy (non-hydrogen) atoms. The molecule has 0 spiro atoms. The minimum Gasteiger partial charge on any atom is -0.388 e. The SMILES string of the molecule is CCO[C@@H]1CN(C(=O)COCc2nc3ccc(F)cc3[nH]2)C[C@H]1O. The first-order valence-electron chi connectivity index (χ1n) is 7.86. The summed E-state index contributed by atoms with van der Waals surface area (Å²) in [5.74, 6) is -0.0271. The van der Waals surface area contributed by atoms with Crippen LogP contribution >= 0.6 is 0 Å². The van der Waals surface area contributed by atoms with Crippen LogP contribution in [0.15, 0.2) is 18.2 Å². The molecule has 1 aliphatic rings. The molecule has 8 heteroatoms.